The second-order valence-corrected chi connectivity index (χ2v) is 4.78. The molecule has 0 aliphatic carbocycles. The predicted octanol–water partition coefficient (Wildman–Crippen LogP) is 1.86. The van der Waals surface area contributed by atoms with Crippen LogP contribution in [0.4, 0.5) is 5.69 Å². The number of esters is 2. The first-order valence-electron chi connectivity index (χ1n) is 6.67. The van der Waals surface area contributed by atoms with E-state index in [1.54, 1.807) is 0 Å². The van der Waals surface area contributed by atoms with Crippen LogP contribution < -0.4 is 5.32 Å². The number of nitrogens with one attached hydrogen (secondary N) is 1. The first kappa shape index (κ1) is 14.4. The van der Waals surface area contributed by atoms with Crippen LogP contribution in [0, 0.1) is 0 Å². The molecule has 1 aromatic carbocycles. The fourth-order valence-corrected chi connectivity index (χ4v) is 2.47. The van der Waals surface area contributed by atoms with E-state index in [0.29, 0.717) is 6.42 Å². The van der Waals surface area contributed by atoms with Crippen molar-refractivity contribution >= 4 is 17.6 Å². The van der Waals surface area contributed by atoms with E-state index in [4.69, 9.17) is 4.74 Å². The highest BCUT2D eigenvalue weighted by Crippen LogP contribution is 2.29. The van der Waals surface area contributed by atoms with Gasteiger partial charge in [-0.3, -0.25) is 9.59 Å². The van der Waals surface area contributed by atoms with Crippen LogP contribution in [0.25, 0.3) is 0 Å². The van der Waals surface area contributed by atoms with Gasteiger partial charge in [0.1, 0.15) is 0 Å². The average molecular weight is 277 g/mol. The lowest BCUT2D eigenvalue weighted by molar-refractivity contribution is -0.143. The van der Waals surface area contributed by atoms with E-state index < -0.39 is 5.92 Å². The molecule has 5 heteroatoms. The molecule has 1 aromatic rings. The maximum atomic E-state index is 11.9. The number of ether oxygens (including phenoxy) is 2. The van der Waals surface area contributed by atoms with Gasteiger partial charge in [0, 0.05) is 18.7 Å². The third-order valence-electron chi connectivity index (χ3n) is 3.59. The molecule has 1 N–H and O–H groups in total. The molecule has 108 valence electrons. The topological polar surface area (TPSA) is 64.6 Å². The van der Waals surface area contributed by atoms with E-state index in [0.717, 1.165) is 24.2 Å². The minimum atomic E-state index is -0.426. The van der Waals surface area contributed by atoms with Gasteiger partial charge >= 0.3 is 11.9 Å². The summed E-state index contributed by atoms with van der Waals surface area (Å²) >= 11 is 0. The maximum Gasteiger partial charge on any atom is 0.313 e. The molecule has 5 nitrogen and oxygen atoms in total. The van der Waals surface area contributed by atoms with Gasteiger partial charge in [-0.1, -0.05) is 12.1 Å². The molecular weight excluding hydrogens is 258 g/mol. The zero-order valence-electron chi connectivity index (χ0n) is 11.8. The summed E-state index contributed by atoms with van der Waals surface area (Å²) in [7, 11) is 2.71. The fourth-order valence-electron chi connectivity index (χ4n) is 2.47. The number of benzene rings is 1. The van der Waals surface area contributed by atoms with Crippen LogP contribution in [-0.2, 0) is 25.5 Å². The van der Waals surface area contributed by atoms with Crippen molar-refractivity contribution in [3.8, 4) is 0 Å². The van der Waals surface area contributed by atoms with Crippen molar-refractivity contribution in [3.63, 3.8) is 0 Å². The molecule has 0 saturated carbocycles. The number of anilines is 1. The summed E-state index contributed by atoms with van der Waals surface area (Å²) in [6.07, 6.45) is 1.55. The Morgan fingerprint density at radius 2 is 2.10 bits per heavy atom. The Bertz CT molecular complexity index is 513. The third kappa shape index (κ3) is 3.10. The Balaban J connectivity index is 2.17. The van der Waals surface area contributed by atoms with Gasteiger partial charge in [-0.15, -0.1) is 0 Å². The molecule has 2 rings (SSSR count). The number of hydrogen-bond acceptors (Lipinski definition) is 5. The Kier molecular flexibility index (Phi) is 4.61. The first-order chi connectivity index (χ1) is 9.65. The maximum absolute atomic E-state index is 11.9. The van der Waals surface area contributed by atoms with Gasteiger partial charge in [0.15, 0.2) is 0 Å². The molecular formula is C15H19NO4. The molecule has 0 radical (unpaired) electrons. The molecule has 0 fully saturated rings. The lowest BCUT2D eigenvalue weighted by atomic mass is 9.92. The van der Waals surface area contributed by atoms with Crippen molar-refractivity contribution in [1.82, 2.24) is 0 Å². The number of carbonyl (C=O) groups is 2. The lowest BCUT2D eigenvalue weighted by Gasteiger charge is -2.15. The Labute approximate surface area is 118 Å². The highest BCUT2D eigenvalue weighted by molar-refractivity contribution is 5.79. The molecule has 0 spiro atoms. The van der Waals surface area contributed by atoms with Crippen LogP contribution in [0.15, 0.2) is 18.2 Å². The van der Waals surface area contributed by atoms with E-state index >= 15 is 0 Å². The number of methoxy groups -OCH3 is 2. The van der Waals surface area contributed by atoms with Gasteiger partial charge in [-0.25, -0.2) is 0 Å². The van der Waals surface area contributed by atoms with Crippen LogP contribution in [0.2, 0.25) is 0 Å². The SMILES string of the molecule is COC(=O)CCC(C(=O)OC)c1ccc2c(c1)CCN2. The molecule has 20 heavy (non-hydrogen) atoms. The zero-order valence-corrected chi connectivity index (χ0v) is 11.8. The standard InChI is InChI=1S/C15H19NO4/c1-19-14(17)6-4-12(15(18)20-2)10-3-5-13-11(9-10)7-8-16-13/h3,5,9,12,16H,4,6-8H2,1-2H3. The highest BCUT2D eigenvalue weighted by atomic mass is 16.5. The van der Waals surface area contributed by atoms with Crippen LogP contribution in [0.5, 0.6) is 0 Å². The summed E-state index contributed by atoms with van der Waals surface area (Å²) in [5, 5.41) is 3.28. The summed E-state index contributed by atoms with van der Waals surface area (Å²) in [6.45, 7) is 0.920. The van der Waals surface area contributed by atoms with Crippen molar-refractivity contribution in [2.45, 2.75) is 25.2 Å². The minimum absolute atomic E-state index is 0.200. The van der Waals surface area contributed by atoms with Crippen molar-refractivity contribution in [2.75, 3.05) is 26.1 Å². The zero-order chi connectivity index (χ0) is 14.5. The van der Waals surface area contributed by atoms with Gasteiger partial charge in [-0.05, 0) is 30.0 Å². The van der Waals surface area contributed by atoms with Gasteiger partial charge < -0.3 is 14.8 Å². The summed E-state index contributed by atoms with van der Waals surface area (Å²) in [4.78, 5) is 23.2. The fraction of sp³-hybridized carbons (Fsp3) is 0.467. The van der Waals surface area contributed by atoms with Crippen molar-refractivity contribution < 1.29 is 19.1 Å². The second kappa shape index (κ2) is 6.41. The lowest BCUT2D eigenvalue weighted by Crippen LogP contribution is -2.16. The molecule has 1 aliphatic heterocycles. The molecule has 0 amide bonds. The molecule has 1 heterocycles. The van der Waals surface area contributed by atoms with E-state index in [2.05, 4.69) is 10.1 Å². The summed E-state index contributed by atoms with van der Waals surface area (Å²) in [5.41, 5.74) is 3.21. The molecule has 0 aromatic heterocycles. The summed E-state index contributed by atoms with van der Waals surface area (Å²) < 4.78 is 9.47. The number of fused-ring (bicyclic) bond motifs is 1. The van der Waals surface area contributed by atoms with E-state index in [-0.39, 0.29) is 18.4 Å². The van der Waals surface area contributed by atoms with Gasteiger partial charge in [0.05, 0.1) is 20.1 Å². The Hall–Kier alpha value is -2.04. The smallest absolute Gasteiger partial charge is 0.313 e. The van der Waals surface area contributed by atoms with Crippen LogP contribution in [0.1, 0.15) is 29.9 Å². The van der Waals surface area contributed by atoms with Gasteiger partial charge in [0.25, 0.3) is 0 Å². The number of hydrogen-bond donors (Lipinski definition) is 1. The highest BCUT2D eigenvalue weighted by Gasteiger charge is 2.24. The van der Waals surface area contributed by atoms with Gasteiger partial charge in [-0.2, -0.15) is 0 Å². The van der Waals surface area contributed by atoms with Crippen LogP contribution >= 0.6 is 0 Å². The predicted molar refractivity (Wildman–Crippen MR) is 74.6 cm³/mol. The summed E-state index contributed by atoms with van der Waals surface area (Å²) in [5.74, 6) is -1.06. The van der Waals surface area contributed by atoms with Crippen molar-refractivity contribution in [3.05, 3.63) is 29.3 Å². The molecule has 0 saturated heterocycles. The number of rotatable bonds is 5. The van der Waals surface area contributed by atoms with E-state index in [1.807, 2.05) is 18.2 Å². The second-order valence-electron chi connectivity index (χ2n) is 4.78. The van der Waals surface area contributed by atoms with Gasteiger partial charge in [0.2, 0.25) is 0 Å². The average Bonchev–Trinajstić information content (AvgIpc) is 2.94. The minimum Gasteiger partial charge on any atom is -0.469 e. The quantitative estimate of drug-likeness (QED) is 0.832. The van der Waals surface area contributed by atoms with Crippen molar-refractivity contribution in [1.29, 1.82) is 0 Å². The molecule has 1 aliphatic rings. The van der Waals surface area contributed by atoms with Crippen molar-refractivity contribution in [2.24, 2.45) is 0 Å². The largest absolute Gasteiger partial charge is 0.469 e. The summed E-state index contributed by atoms with van der Waals surface area (Å²) in [6, 6.07) is 5.91. The van der Waals surface area contributed by atoms with E-state index in [1.165, 1.54) is 19.8 Å². The Morgan fingerprint density at radius 3 is 2.80 bits per heavy atom. The normalized spacial score (nSPS) is 14.1. The Morgan fingerprint density at radius 1 is 1.30 bits per heavy atom. The first-order valence-corrected chi connectivity index (χ1v) is 6.67. The number of carbonyl (C=O) groups excluding carboxylic acids is 2. The van der Waals surface area contributed by atoms with E-state index in [9.17, 15) is 9.59 Å². The third-order valence-corrected chi connectivity index (χ3v) is 3.59. The van der Waals surface area contributed by atoms with Crippen LogP contribution in [0.3, 0.4) is 0 Å². The molecule has 1 atom stereocenters. The van der Waals surface area contributed by atoms with Crippen LogP contribution in [-0.4, -0.2) is 32.7 Å². The molecule has 1 unspecified atom stereocenters. The molecule has 0 bridgehead atoms. The monoisotopic (exact) mass is 277 g/mol.